The molecule has 0 amide bonds. The molecule has 0 aliphatic carbocycles. The SMILES string of the molecule is C=C(CN(N)/C=C(\N)CC)N1CC(Cc2ccc3c(c2C)[SH](N)CC3)C1. The lowest BCUT2D eigenvalue weighted by Gasteiger charge is -2.43. The predicted octanol–water partition coefficient (Wildman–Crippen LogP) is 2.16. The summed E-state index contributed by atoms with van der Waals surface area (Å²) in [5, 5.41) is 7.99. The Morgan fingerprint density at radius 2 is 2.15 bits per heavy atom. The normalized spacial score (nSPS) is 21.5. The van der Waals surface area contributed by atoms with Crippen molar-refractivity contribution in [3.8, 4) is 0 Å². The van der Waals surface area contributed by atoms with Gasteiger partial charge in [0.15, 0.2) is 0 Å². The van der Waals surface area contributed by atoms with E-state index in [1.54, 1.807) is 11.2 Å². The Bertz CT molecular complexity index is 708. The fourth-order valence-electron chi connectivity index (χ4n) is 3.90. The first-order valence-corrected chi connectivity index (χ1v) is 11.0. The van der Waals surface area contributed by atoms with Gasteiger partial charge in [0.1, 0.15) is 0 Å². The highest BCUT2D eigenvalue weighted by atomic mass is 32.2. The molecule has 0 spiro atoms. The topological polar surface area (TPSA) is 84.5 Å². The van der Waals surface area contributed by atoms with Crippen LogP contribution in [0.15, 0.2) is 41.2 Å². The molecule has 1 saturated heterocycles. The van der Waals surface area contributed by atoms with E-state index in [9.17, 15) is 0 Å². The number of allylic oxidation sites excluding steroid dienone is 1. The largest absolute Gasteiger partial charge is 0.401 e. The number of aryl methyl sites for hydroxylation is 1. The van der Waals surface area contributed by atoms with Gasteiger partial charge >= 0.3 is 0 Å². The van der Waals surface area contributed by atoms with E-state index in [4.69, 9.17) is 16.7 Å². The van der Waals surface area contributed by atoms with E-state index in [-0.39, 0.29) is 0 Å². The van der Waals surface area contributed by atoms with Crippen molar-refractivity contribution in [1.29, 1.82) is 0 Å². The van der Waals surface area contributed by atoms with Gasteiger partial charge in [-0.15, -0.1) is 0 Å². The molecular formula is C20H33N5S. The zero-order chi connectivity index (χ0) is 18.8. The van der Waals surface area contributed by atoms with Crippen molar-refractivity contribution in [2.45, 2.75) is 38.0 Å². The Labute approximate surface area is 160 Å². The van der Waals surface area contributed by atoms with Crippen molar-refractivity contribution in [2.24, 2.45) is 22.6 Å². The molecule has 1 aromatic carbocycles. The second kappa shape index (κ2) is 7.94. The molecule has 1 atom stereocenters. The summed E-state index contributed by atoms with van der Waals surface area (Å²) in [6.45, 7) is 11.2. The number of rotatable bonds is 7. The number of nitrogens with zero attached hydrogens (tertiary/aromatic N) is 2. The molecule has 2 aliphatic rings. The number of hydrazine groups is 1. The number of likely N-dealkylation sites (tertiary alicyclic amines) is 1. The minimum absolute atomic E-state index is 0.427. The Balaban J connectivity index is 1.52. The summed E-state index contributed by atoms with van der Waals surface area (Å²) in [6.07, 6.45) is 4.88. The van der Waals surface area contributed by atoms with Crippen LogP contribution in [0.4, 0.5) is 0 Å². The summed E-state index contributed by atoms with van der Waals surface area (Å²) in [4.78, 5) is 3.79. The zero-order valence-corrected chi connectivity index (χ0v) is 16.9. The van der Waals surface area contributed by atoms with Crippen molar-refractivity contribution in [1.82, 2.24) is 9.91 Å². The van der Waals surface area contributed by atoms with Crippen molar-refractivity contribution < 1.29 is 0 Å². The van der Waals surface area contributed by atoms with E-state index in [2.05, 4.69) is 30.5 Å². The Kier molecular flexibility index (Phi) is 5.85. The van der Waals surface area contributed by atoms with Gasteiger partial charge in [-0.1, -0.05) is 25.6 Å². The molecule has 26 heavy (non-hydrogen) atoms. The molecule has 2 heterocycles. The quantitative estimate of drug-likeness (QED) is 0.333. The predicted molar refractivity (Wildman–Crippen MR) is 113 cm³/mol. The molecule has 6 heteroatoms. The van der Waals surface area contributed by atoms with Crippen LogP contribution < -0.4 is 16.7 Å². The molecule has 2 aliphatic heterocycles. The van der Waals surface area contributed by atoms with Crippen LogP contribution in [-0.2, 0) is 12.8 Å². The van der Waals surface area contributed by atoms with Crippen LogP contribution in [0.25, 0.3) is 0 Å². The van der Waals surface area contributed by atoms with Gasteiger partial charge in [-0.3, -0.25) is 5.14 Å². The lowest BCUT2D eigenvalue weighted by atomic mass is 9.89. The molecule has 1 fully saturated rings. The Hall–Kier alpha value is -1.63. The molecule has 6 N–H and O–H groups in total. The van der Waals surface area contributed by atoms with E-state index in [0.717, 1.165) is 49.5 Å². The standard InChI is InChI=1S/C20H33N5S/c1-4-19(21)13-25(22)10-14(2)24-11-16(12-24)9-18-6-5-17-7-8-26(23)20(17)15(18)3/h5-6,13,16,26H,2,4,7-12,21-23H2,1,3H3/b19-13-. The van der Waals surface area contributed by atoms with E-state index in [1.807, 2.05) is 6.92 Å². The van der Waals surface area contributed by atoms with Gasteiger partial charge in [0.05, 0.1) is 6.54 Å². The maximum Gasteiger partial charge on any atom is 0.0729 e. The maximum atomic E-state index is 6.36. The van der Waals surface area contributed by atoms with Gasteiger partial charge in [-0.2, -0.15) is 11.1 Å². The summed E-state index contributed by atoms with van der Waals surface area (Å²) < 4.78 is 0. The van der Waals surface area contributed by atoms with Gasteiger partial charge in [0.2, 0.25) is 0 Å². The highest BCUT2D eigenvalue weighted by molar-refractivity contribution is 8.15. The van der Waals surface area contributed by atoms with Crippen LogP contribution in [-0.4, -0.2) is 35.3 Å². The summed E-state index contributed by atoms with van der Waals surface area (Å²) >= 11 is -0.427. The smallest absolute Gasteiger partial charge is 0.0729 e. The summed E-state index contributed by atoms with van der Waals surface area (Å²) in [5.41, 5.74) is 12.1. The van der Waals surface area contributed by atoms with E-state index < -0.39 is 11.1 Å². The molecule has 5 nitrogen and oxygen atoms in total. The second-order valence-corrected chi connectivity index (χ2v) is 9.41. The lowest BCUT2D eigenvalue weighted by Crippen LogP contribution is -2.48. The van der Waals surface area contributed by atoms with E-state index in [0.29, 0.717) is 12.5 Å². The number of hydrogen-bond acceptors (Lipinski definition) is 5. The fraction of sp³-hybridized carbons (Fsp3) is 0.500. The molecule has 1 unspecified atom stereocenters. The van der Waals surface area contributed by atoms with E-state index in [1.165, 1.54) is 21.6 Å². The average molecular weight is 376 g/mol. The van der Waals surface area contributed by atoms with E-state index >= 15 is 0 Å². The maximum absolute atomic E-state index is 6.36. The van der Waals surface area contributed by atoms with Gasteiger partial charge in [0, 0.05) is 35.6 Å². The summed E-state index contributed by atoms with van der Waals surface area (Å²) in [5.74, 6) is 7.82. The molecular weight excluding hydrogens is 342 g/mol. The summed E-state index contributed by atoms with van der Waals surface area (Å²) in [7, 11) is 0. The van der Waals surface area contributed by atoms with Crippen LogP contribution >= 0.6 is 11.1 Å². The molecule has 3 rings (SSSR count). The van der Waals surface area contributed by atoms with Crippen molar-refractivity contribution in [3.05, 3.63) is 53.0 Å². The number of hydrogen-bond donors (Lipinski definition) is 4. The van der Waals surface area contributed by atoms with Crippen LogP contribution in [0.3, 0.4) is 0 Å². The minimum atomic E-state index is -0.427. The first-order valence-electron chi connectivity index (χ1n) is 9.42. The first kappa shape index (κ1) is 19.1. The second-order valence-electron chi connectivity index (χ2n) is 7.57. The third-order valence-corrected chi connectivity index (χ3v) is 7.46. The first-order chi connectivity index (χ1) is 12.4. The van der Waals surface area contributed by atoms with Gasteiger partial charge in [0.25, 0.3) is 0 Å². The van der Waals surface area contributed by atoms with Crippen molar-refractivity contribution in [3.63, 3.8) is 0 Å². The molecule has 0 saturated carbocycles. The van der Waals surface area contributed by atoms with Crippen LogP contribution in [0.2, 0.25) is 0 Å². The highest BCUT2D eigenvalue weighted by Gasteiger charge is 2.29. The minimum Gasteiger partial charge on any atom is -0.401 e. The Morgan fingerprint density at radius 1 is 1.42 bits per heavy atom. The van der Waals surface area contributed by atoms with Gasteiger partial charge < -0.3 is 15.6 Å². The molecule has 0 aromatic heterocycles. The molecule has 0 bridgehead atoms. The van der Waals surface area contributed by atoms with Crippen LogP contribution in [0, 0.1) is 12.8 Å². The number of benzene rings is 1. The zero-order valence-electron chi connectivity index (χ0n) is 16.0. The lowest BCUT2D eigenvalue weighted by molar-refractivity contribution is 0.132. The van der Waals surface area contributed by atoms with Crippen LogP contribution in [0.5, 0.6) is 0 Å². The summed E-state index contributed by atoms with van der Waals surface area (Å²) in [6, 6.07) is 4.62. The van der Waals surface area contributed by atoms with Gasteiger partial charge in [-0.05, 0) is 54.5 Å². The van der Waals surface area contributed by atoms with Crippen LogP contribution in [0.1, 0.15) is 30.0 Å². The number of nitrogens with two attached hydrogens (primary N) is 3. The molecule has 0 radical (unpaired) electrons. The van der Waals surface area contributed by atoms with Crippen molar-refractivity contribution >= 4 is 11.1 Å². The highest BCUT2D eigenvalue weighted by Crippen LogP contribution is 2.43. The third kappa shape index (κ3) is 4.03. The monoisotopic (exact) mass is 375 g/mol. The Morgan fingerprint density at radius 3 is 2.85 bits per heavy atom. The number of fused-ring (bicyclic) bond motifs is 1. The van der Waals surface area contributed by atoms with Gasteiger partial charge in [-0.25, -0.2) is 5.84 Å². The number of thiol groups is 1. The molecule has 144 valence electrons. The third-order valence-electron chi connectivity index (χ3n) is 5.55. The fourth-order valence-corrected chi connectivity index (χ4v) is 5.74. The average Bonchev–Trinajstić information content (AvgIpc) is 2.93. The van der Waals surface area contributed by atoms with Crippen molar-refractivity contribution in [2.75, 3.05) is 25.4 Å². The molecule has 1 aromatic rings.